The maximum Gasteiger partial charge on any atom is 0.276 e. The minimum absolute atomic E-state index is 0.0775. The third-order valence-electron chi connectivity index (χ3n) is 5.29. The van der Waals surface area contributed by atoms with Gasteiger partial charge in [-0.25, -0.2) is 8.42 Å². The first-order valence-electron chi connectivity index (χ1n) is 9.89. The van der Waals surface area contributed by atoms with Crippen LogP contribution in [0.5, 0.6) is 0 Å². The lowest BCUT2D eigenvalue weighted by molar-refractivity contribution is -0.385. The number of sulfonamides is 1. The molecule has 1 saturated heterocycles. The molecule has 0 unspecified atom stereocenters. The van der Waals surface area contributed by atoms with E-state index in [-0.39, 0.29) is 37.8 Å². The first kappa shape index (κ1) is 22.6. The predicted molar refractivity (Wildman–Crippen MR) is 118 cm³/mol. The Morgan fingerprint density at radius 1 is 1.03 bits per heavy atom. The average Bonchev–Trinajstić information content (AvgIpc) is 2.71. The Bertz CT molecular complexity index is 1130. The number of nitro benzene ring substituents is 1. The summed E-state index contributed by atoms with van der Waals surface area (Å²) in [4.78, 5) is 25.0. The van der Waals surface area contributed by atoms with Crippen molar-refractivity contribution in [1.82, 2.24) is 9.21 Å². The van der Waals surface area contributed by atoms with Crippen LogP contribution in [0.4, 0.5) is 5.69 Å². The van der Waals surface area contributed by atoms with E-state index in [1.165, 1.54) is 22.5 Å². The molecule has 9 heteroatoms. The summed E-state index contributed by atoms with van der Waals surface area (Å²) < 4.78 is 27.8. The zero-order valence-corrected chi connectivity index (χ0v) is 18.6. The third kappa shape index (κ3) is 4.83. The van der Waals surface area contributed by atoms with Crippen LogP contribution in [0.3, 0.4) is 0 Å². The molecule has 164 valence electrons. The lowest BCUT2D eigenvalue weighted by Gasteiger charge is -2.34. The highest BCUT2D eigenvalue weighted by Crippen LogP contribution is 2.26. The smallest absolute Gasteiger partial charge is 0.276 e. The van der Waals surface area contributed by atoms with Gasteiger partial charge < -0.3 is 4.90 Å². The van der Waals surface area contributed by atoms with Crippen molar-refractivity contribution in [1.29, 1.82) is 0 Å². The van der Waals surface area contributed by atoms with Gasteiger partial charge in [-0.15, -0.1) is 0 Å². The Kier molecular flexibility index (Phi) is 6.56. The quantitative estimate of drug-likeness (QED) is 0.402. The van der Waals surface area contributed by atoms with Crippen LogP contribution in [0.25, 0.3) is 6.08 Å². The van der Waals surface area contributed by atoms with Crippen LogP contribution >= 0.6 is 0 Å². The maximum atomic E-state index is 13.2. The molecule has 1 fully saturated rings. The van der Waals surface area contributed by atoms with Gasteiger partial charge in [-0.3, -0.25) is 14.9 Å². The number of aryl methyl sites for hydroxylation is 3. The molecule has 1 amide bonds. The van der Waals surface area contributed by atoms with Crippen LogP contribution in [0.1, 0.15) is 22.3 Å². The zero-order chi connectivity index (χ0) is 22.8. The van der Waals surface area contributed by atoms with Crippen LogP contribution < -0.4 is 0 Å². The molecule has 1 aliphatic rings. The number of rotatable bonds is 5. The molecule has 0 aliphatic carbocycles. The highest BCUT2D eigenvalue weighted by molar-refractivity contribution is 7.89. The molecular formula is C22H25N3O5S. The highest BCUT2D eigenvalue weighted by atomic mass is 32.2. The van der Waals surface area contributed by atoms with Crippen molar-refractivity contribution in [2.75, 3.05) is 26.2 Å². The second-order valence-corrected chi connectivity index (χ2v) is 9.48. The van der Waals surface area contributed by atoms with Crippen molar-refractivity contribution in [2.45, 2.75) is 25.7 Å². The molecule has 2 aromatic carbocycles. The van der Waals surface area contributed by atoms with Crippen LogP contribution in [-0.2, 0) is 14.8 Å². The van der Waals surface area contributed by atoms with Crippen molar-refractivity contribution in [2.24, 2.45) is 0 Å². The number of hydrogen-bond acceptors (Lipinski definition) is 5. The summed E-state index contributed by atoms with van der Waals surface area (Å²) in [6, 6.07) is 9.88. The summed E-state index contributed by atoms with van der Waals surface area (Å²) >= 11 is 0. The van der Waals surface area contributed by atoms with E-state index in [0.717, 1.165) is 5.56 Å². The number of para-hydroxylation sites is 1. The first-order chi connectivity index (χ1) is 14.6. The number of piperazine rings is 1. The number of benzene rings is 2. The highest BCUT2D eigenvalue weighted by Gasteiger charge is 2.31. The summed E-state index contributed by atoms with van der Waals surface area (Å²) in [6.07, 6.45) is 2.71. The van der Waals surface area contributed by atoms with Gasteiger partial charge in [0.2, 0.25) is 15.9 Å². The molecule has 0 saturated carbocycles. The second kappa shape index (κ2) is 8.99. The summed E-state index contributed by atoms with van der Waals surface area (Å²) in [7, 11) is -3.66. The number of nitrogens with zero attached hydrogens (tertiary/aromatic N) is 3. The minimum Gasteiger partial charge on any atom is -0.337 e. The van der Waals surface area contributed by atoms with Crippen molar-refractivity contribution in [3.05, 3.63) is 74.8 Å². The summed E-state index contributed by atoms with van der Waals surface area (Å²) in [5.41, 5.74) is 2.69. The fourth-order valence-corrected chi connectivity index (χ4v) is 5.75. The predicted octanol–water partition coefficient (Wildman–Crippen LogP) is 3.07. The van der Waals surface area contributed by atoms with E-state index in [4.69, 9.17) is 0 Å². The fourth-order valence-electron chi connectivity index (χ4n) is 3.91. The van der Waals surface area contributed by atoms with E-state index < -0.39 is 14.9 Å². The van der Waals surface area contributed by atoms with Crippen molar-refractivity contribution < 1.29 is 18.1 Å². The van der Waals surface area contributed by atoms with Gasteiger partial charge in [-0.05, 0) is 44.0 Å². The molecule has 8 nitrogen and oxygen atoms in total. The molecule has 1 heterocycles. The van der Waals surface area contributed by atoms with Crippen LogP contribution in [0, 0.1) is 30.9 Å². The first-order valence-corrected chi connectivity index (χ1v) is 11.3. The third-order valence-corrected chi connectivity index (χ3v) is 7.50. The standard InChI is InChI=1S/C22H25N3O5S/c1-16-14-17(2)22(18(3)15-16)31(29,30)24-12-10-23(11-13-24)21(26)9-8-19-6-4-5-7-20(19)25(27)28/h4-9,14-15H,10-13H2,1-3H3/b9-8+. The molecule has 0 aromatic heterocycles. The molecule has 3 rings (SSSR count). The maximum absolute atomic E-state index is 13.2. The monoisotopic (exact) mass is 443 g/mol. The van der Waals surface area contributed by atoms with E-state index in [0.29, 0.717) is 21.6 Å². The van der Waals surface area contributed by atoms with Crippen LogP contribution in [0.2, 0.25) is 0 Å². The Morgan fingerprint density at radius 2 is 1.61 bits per heavy atom. The summed E-state index contributed by atoms with van der Waals surface area (Å²) in [5.74, 6) is -0.308. The van der Waals surface area contributed by atoms with Crippen molar-refractivity contribution in [3.8, 4) is 0 Å². The number of carbonyl (C=O) groups is 1. The minimum atomic E-state index is -3.66. The lowest BCUT2D eigenvalue weighted by Crippen LogP contribution is -2.50. The number of carbonyl (C=O) groups excluding carboxylic acids is 1. The van der Waals surface area contributed by atoms with Gasteiger partial charge in [0.1, 0.15) is 0 Å². The number of nitro groups is 1. The second-order valence-electron chi connectivity index (χ2n) is 7.61. The molecule has 0 N–H and O–H groups in total. The Labute approximate surface area is 182 Å². The largest absolute Gasteiger partial charge is 0.337 e. The van der Waals surface area contributed by atoms with Gasteiger partial charge in [-0.2, -0.15) is 4.31 Å². The van der Waals surface area contributed by atoms with Gasteiger partial charge in [-0.1, -0.05) is 29.8 Å². The Balaban J connectivity index is 1.70. The molecular weight excluding hydrogens is 418 g/mol. The lowest BCUT2D eigenvalue weighted by atomic mass is 10.1. The van der Waals surface area contributed by atoms with Gasteiger partial charge in [0.25, 0.3) is 5.69 Å². The topological polar surface area (TPSA) is 101 Å². The van der Waals surface area contributed by atoms with Gasteiger partial charge in [0, 0.05) is 38.3 Å². The van der Waals surface area contributed by atoms with Gasteiger partial charge in [0.05, 0.1) is 15.4 Å². The molecule has 0 bridgehead atoms. The zero-order valence-electron chi connectivity index (χ0n) is 17.7. The SMILES string of the molecule is Cc1cc(C)c(S(=O)(=O)N2CCN(C(=O)/C=C/c3ccccc3[N+](=O)[O-])CC2)c(C)c1. The average molecular weight is 444 g/mol. The summed E-state index contributed by atoms with van der Waals surface area (Å²) in [6.45, 7) is 6.41. The Morgan fingerprint density at radius 3 is 2.19 bits per heavy atom. The number of amides is 1. The summed E-state index contributed by atoms with van der Waals surface area (Å²) in [5, 5.41) is 11.1. The van der Waals surface area contributed by atoms with Crippen molar-refractivity contribution in [3.63, 3.8) is 0 Å². The molecule has 0 atom stereocenters. The normalized spacial score (nSPS) is 15.4. The van der Waals surface area contributed by atoms with E-state index in [2.05, 4.69) is 0 Å². The van der Waals surface area contributed by atoms with Gasteiger partial charge in [0.15, 0.2) is 0 Å². The molecule has 0 spiro atoms. The fraction of sp³-hybridized carbons (Fsp3) is 0.318. The number of hydrogen-bond donors (Lipinski definition) is 0. The van der Waals surface area contributed by atoms with Crippen molar-refractivity contribution >= 4 is 27.7 Å². The van der Waals surface area contributed by atoms with E-state index in [9.17, 15) is 23.3 Å². The van der Waals surface area contributed by atoms with Gasteiger partial charge >= 0.3 is 0 Å². The van der Waals surface area contributed by atoms with E-state index in [1.807, 2.05) is 19.1 Å². The molecule has 2 aromatic rings. The molecule has 0 radical (unpaired) electrons. The Hall–Kier alpha value is -3.04. The van der Waals surface area contributed by atoms with E-state index in [1.54, 1.807) is 36.9 Å². The van der Waals surface area contributed by atoms with E-state index >= 15 is 0 Å². The van der Waals surface area contributed by atoms with Crippen LogP contribution in [0.15, 0.2) is 47.4 Å². The molecule has 31 heavy (non-hydrogen) atoms. The molecule has 1 aliphatic heterocycles. The van der Waals surface area contributed by atoms with Crippen LogP contribution in [-0.4, -0.2) is 54.6 Å².